The van der Waals surface area contributed by atoms with E-state index in [0.717, 1.165) is 16.2 Å². The van der Waals surface area contributed by atoms with Gasteiger partial charge in [-0.2, -0.15) is 0 Å². The van der Waals surface area contributed by atoms with Crippen LogP contribution < -0.4 is 20.1 Å². The molecule has 1 aliphatic rings. The lowest BCUT2D eigenvalue weighted by atomic mass is 10.0. The molecule has 1 atom stereocenters. The highest BCUT2D eigenvalue weighted by molar-refractivity contribution is 7.99. The molecule has 4 rings (SSSR count). The number of amides is 1. The predicted octanol–water partition coefficient (Wildman–Crippen LogP) is 5.80. The smallest absolute Gasteiger partial charge is 0.497 e. The number of ketones is 1. The summed E-state index contributed by atoms with van der Waals surface area (Å²) in [4.78, 5) is 28.4. The number of benzene rings is 3. The zero-order valence-electron chi connectivity index (χ0n) is 20.4. The molecule has 0 bridgehead atoms. The Balaban J connectivity index is 0.00000400. The van der Waals surface area contributed by atoms with Crippen LogP contribution in [0.3, 0.4) is 0 Å². The second-order valence-electron chi connectivity index (χ2n) is 8.49. The molecule has 0 spiro atoms. The fourth-order valence-corrected chi connectivity index (χ4v) is 4.91. The first-order valence-corrected chi connectivity index (χ1v) is 12.5. The summed E-state index contributed by atoms with van der Waals surface area (Å²) >= 11 is 1.42. The Morgan fingerprint density at radius 3 is 2.29 bits per heavy atom. The molecule has 3 aromatic carbocycles. The molecule has 3 aromatic rings. The molecule has 11 heteroatoms. The quantitative estimate of drug-likeness (QED) is 0.347. The summed E-state index contributed by atoms with van der Waals surface area (Å²) in [6.45, 7) is 0.0792. The average Bonchev–Trinajstić information content (AvgIpc) is 2.99. The molecule has 1 heterocycles. The van der Waals surface area contributed by atoms with Crippen LogP contribution in [-0.4, -0.2) is 37.0 Å². The van der Waals surface area contributed by atoms with Gasteiger partial charge in [-0.1, -0.05) is 30.3 Å². The molecule has 38 heavy (non-hydrogen) atoms. The summed E-state index contributed by atoms with van der Waals surface area (Å²) in [6.07, 6.45) is -3.96. The van der Waals surface area contributed by atoms with Crippen LogP contribution in [0, 0.1) is 0 Å². The third-order valence-corrected chi connectivity index (χ3v) is 7.05. The van der Waals surface area contributed by atoms with Gasteiger partial charge >= 0.3 is 6.36 Å². The van der Waals surface area contributed by atoms with Crippen molar-refractivity contribution in [1.82, 2.24) is 0 Å². The highest BCUT2D eigenvalue weighted by Gasteiger charge is 2.32. The van der Waals surface area contributed by atoms with Crippen molar-refractivity contribution >= 4 is 41.5 Å². The first kappa shape index (κ1) is 29.3. The number of fused-ring (bicyclic) bond motifs is 1. The van der Waals surface area contributed by atoms with E-state index < -0.39 is 12.4 Å². The topological polar surface area (TPSA) is 81.9 Å². The molecule has 1 amide bonds. The zero-order chi connectivity index (χ0) is 26.6. The SMILES string of the molecule is COc1ccc(CCC(=O)c2ccc3c(c2)N(Cc2ccc(OC(F)(F)F)cc2)C(=O)[C@@H](N)CS3)cc1.Cl. The Hall–Kier alpha value is -3.21. The Kier molecular flexibility index (Phi) is 9.70. The summed E-state index contributed by atoms with van der Waals surface area (Å²) < 4.78 is 46.5. The number of nitrogens with zero attached hydrogens (tertiary/aromatic N) is 1. The van der Waals surface area contributed by atoms with Gasteiger partial charge < -0.3 is 20.1 Å². The Labute approximate surface area is 228 Å². The normalized spacial score (nSPS) is 15.2. The average molecular weight is 567 g/mol. The fourth-order valence-electron chi connectivity index (χ4n) is 3.93. The van der Waals surface area contributed by atoms with Crippen molar-refractivity contribution in [2.75, 3.05) is 17.8 Å². The maximum Gasteiger partial charge on any atom is 0.573 e. The second kappa shape index (κ2) is 12.6. The molecule has 0 aromatic heterocycles. The van der Waals surface area contributed by atoms with Gasteiger partial charge in [0, 0.05) is 22.6 Å². The van der Waals surface area contributed by atoms with E-state index in [9.17, 15) is 22.8 Å². The minimum absolute atomic E-state index is 0. The van der Waals surface area contributed by atoms with Crippen LogP contribution in [0.4, 0.5) is 18.9 Å². The highest BCUT2D eigenvalue weighted by Crippen LogP contribution is 2.36. The monoisotopic (exact) mass is 566 g/mol. The number of carbonyl (C=O) groups excluding carboxylic acids is 2. The minimum Gasteiger partial charge on any atom is -0.497 e. The van der Waals surface area contributed by atoms with Gasteiger partial charge in [0.05, 0.1) is 25.4 Å². The molecule has 0 aliphatic carbocycles. The molecule has 0 saturated carbocycles. The van der Waals surface area contributed by atoms with Gasteiger partial charge in [0.2, 0.25) is 5.91 Å². The standard InChI is InChI=1S/C27H25F3N2O4S.ClH/c1-35-20-8-2-17(3-9-20)6-12-24(33)19-7-13-25-23(14-19)32(26(34)22(31)16-37-25)15-18-4-10-21(11-5-18)36-27(28,29)30;/h2-5,7-11,13-14,22H,6,12,15-16,31H2,1H3;1H/t22-;/m0./s1. The van der Waals surface area contributed by atoms with Crippen molar-refractivity contribution in [1.29, 1.82) is 0 Å². The molecule has 1 aliphatic heterocycles. The van der Waals surface area contributed by atoms with Crippen molar-refractivity contribution in [3.63, 3.8) is 0 Å². The lowest BCUT2D eigenvalue weighted by Gasteiger charge is -2.25. The van der Waals surface area contributed by atoms with E-state index in [-0.39, 0.29) is 42.8 Å². The summed E-state index contributed by atoms with van der Waals surface area (Å²) in [5, 5.41) is 0. The number of rotatable bonds is 8. The van der Waals surface area contributed by atoms with E-state index in [2.05, 4.69) is 4.74 Å². The molecule has 6 nitrogen and oxygen atoms in total. The Bertz CT molecular complexity index is 1270. The number of carbonyl (C=O) groups is 2. The van der Waals surface area contributed by atoms with Gasteiger partial charge in [0.1, 0.15) is 11.5 Å². The lowest BCUT2D eigenvalue weighted by Crippen LogP contribution is -2.44. The van der Waals surface area contributed by atoms with Crippen LogP contribution >= 0.6 is 24.2 Å². The number of nitrogens with two attached hydrogens (primary N) is 1. The van der Waals surface area contributed by atoms with Crippen molar-refractivity contribution < 1.29 is 32.2 Å². The van der Waals surface area contributed by atoms with E-state index in [1.807, 2.05) is 24.3 Å². The summed E-state index contributed by atoms with van der Waals surface area (Å²) in [5.41, 5.74) is 8.70. The molecular formula is C27H26ClF3N2O4S. The van der Waals surface area contributed by atoms with Gasteiger partial charge in [0.15, 0.2) is 5.78 Å². The number of hydrogen-bond acceptors (Lipinski definition) is 6. The fraction of sp³-hybridized carbons (Fsp3) is 0.259. The molecule has 202 valence electrons. The van der Waals surface area contributed by atoms with Crippen molar-refractivity contribution in [3.05, 3.63) is 83.4 Å². The number of anilines is 1. The molecule has 0 radical (unpaired) electrons. The number of halogens is 4. The van der Waals surface area contributed by atoms with Crippen LogP contribution in [0.25, 0.3) is 0 Å². The number of aryl methyl sites for hydroxylation is 1. The maximum absolute atomic E-state index is 13.1. The number of hydrogen-bond donors (Lipinski definition) is 1. The minimum atomic E-state index is -4.79. The van der Waals surface area contributed by atoms with Gasteiger partial charge in [-0.25, -0.2) is 0 Å². The molecule has 0 unspecified atom stereocenters. The number of Topliss-reactive ketones (excluding diaryl/α,β-unsaturated/α-hetero) is 1. The van der Waals surface area contributed by atoms with Gasteiger partial charge in [-0.15, -0.1) is 37.3 Å². The second-order valence-corrected chi connectivity index (χ2v) is 9.55. The van der Waals surface area contributed by atoms with E-state index in [1.54, 1.807) is 25.3 Å². The summed E-state index contributed by atoms with van der Waals surface area (Å²) in [5.74, 6) is 0.355. The van der Waals surface area contributed by atoms with Crippen LogP contribution in [0.1, 0.15) is 27.9 Å². The van der Waals surface area contributed by atoms with E-state index in [1.165, 1.54) is 40.9 Å². The van der Waals surface area contributed by atoms with Crippen molar-refractivity contribution in [2.45, 2.75) is 36.7 Å². The number of ether oxygens (including phenoxy) is 2. The van der Waals surface area contributed by atoms with E-state index in [0.29, 0.717) is 29.0 Å². The van der Waals surface area contributed by atoms with Gasteiger partial charge in [0.25, 0.3) is 0 Å². The van der Waals surface area contributed by atoms with Gasteiger partial charge in [-0.3, -0.25) is 9.59 Å². The predicted molar refractivity (Wildman–Crippen MR) is 142 cm³/mol. The van der Waals surface area contributed by atoms with Crippen LogP contribution in [0.5, 0.6) is 11.5 Å². The number of alkyl halides is 3. The third-order valence-electron chi connectivity index (χ3n) is 5.87. The van der Waals surface area contributed by atoms with E-state index >= 15 is 0 Å². The van der Waals surface area contributed by atoms with Gasteiger partial charge in [-0.05, 0) is 53.9 Å². The van der Waals surface area contributed by atoms with E-state index in [4.69, 9.17) is 10.5 Å². The van der Waals surface area contributed by atoms with Crippen LogP contribution in [0.15, 0.2) is 71.6 Å². The lowest BCUT2D eigenvalue weighted by molar-refractivity contribution is -0.274. The largest absolute Gasteiger partial charge is 0.573 e. The molecular weight excluding hydrogens is 541 g/mol. The third kappa shape index (κ3) is 7.43. The first-order chi connectivity index (χ1) is 17.6. The Morgan fingerprint density at radius 1 is 1.03 bits per heavy atom. The van der Waals surface area contributed by atoms with Crippen LogP contribution in [0.2, 0.25) is 0 Å². The molecule has 0 fully saturated rings. The van der Waals surface area contributed by atoms with Crippen molar-refractivity contribution in [2.24, 2.45) is 5.73 Å². The van der Waals surface area contributed by atoms with Crippen molar-refractivity contribution in [3.8, 4) is 11.5 Å². The maximum atomic E-state index is 13.1. The summed E-state index contributed by atoms with van der Waals surface area (Å²) in [6, 6.07) is 17.3. The first-order valence-electron chi connectivity index (χ1n) is 11.5. The Morgan fingerprint density at radius 2 is 1.66 bits per heavy atom. The number of thioether (sulfide) groups is 1. The summed E-state index contributed by atoms with van der Waals surface area (Å²) in [7, 11) is 1.59. The molecule has 0 saturated heterocycles. The zero-order valence-corrected chi connectivity index (χ0v) is 22.0. The van der Waals surface area contributed by atoms with Crippen LogP contribution in [-0.2, 0) is 17.8 Å². The number of methoxy groups -OCH3 is 1. The molecule has 2 N–H and O–H groups in total. The highest BCUT2D eigenvalue weighted by atomic mass is 35.5.